The van der Waals surface area contributed by atoms with E-state index in [1.807, 2.05) is 72.5 Å². The van der Waals surface area contributed by atoms with Crippen molar-refractivity contribution in [2.45, 2.75) is 18.9 Å². The summed E-state index contributed by atoms with van der Waals surface area (Å²) in [5.41, 5.74) is 6.10. The van der Waals surface area contributed by atoms with Crippen LogP contribution in [-0.4, -0.2) is 12.7 Å². The predicted molar refractivity (Wildman–Crippen MR) is 128 cm³/mol. The smallest absolute Gasteiger partial charge is 0.239 e. The Morgan fingerprint density at radius 3 is 2.00 bits per heavy atom. The van der Waals surface area contributed by atoms with Gasteiger partial charge in [-0.15, -0.1) is 0 Å². The van der Waals surface area contributed by atoms with Crippen molar-refractivity contribution in [2.24, 2.45) is 0 Å². The zero-order valence-corrected chi connectivity index (χ0v) is 18.3. The van der Waals surface area contributed by atoms with E-state index in [0.29, 0.717) is 5.75 Å². The number of carbonyl (C=O) groups is 1. The van der Waals surface area contributed by atoms with Crippen LogP contribution in [0.3, 0.4) is 0 Å². The molecule has 2 aliphatic rings. The molecule has 0 fully saturated rings. The van der Waals surface area contributed by atoms with E-state index in [2.05, 4.69) is 36.4 Å². The average molecular weight is 434 g/mol. The molecule has 0 radical (unpaired) electrons. The number of ether oxygens (including phenoxy) is 2. The quantitative estimate of drug-likeness (QED) is 0.397. The lowest BCUT2D eigenvalue weighted by atomic mass is 9.89. The van der Waals surface area contributed by atoms with Crippen LogP contribution in [0.2, 0.25) is 0 Å². The number of rotatable bonds is 4. The third-order valence-corrected chi connectivity index (χ3v) is 6.55. The lowest BCUT2D eigenvalue weighted by Crippen LogP contribution is -2.34. The molecule has 0 aliphatic carbocycles. The van der Waals surface area contributed by atoms with Crippen molar-refractivity contribution >= 4 is 11.6 Å². The molecule has 1 atom stereocenters. The standard InChI is InChI=1S/C29H23NO3/c1-19-16-25-26(33-18-32-25)17-23(19)27-22-14-8-9-15-24(22)30(29(27)31)28(20-10-4-2-5-11-20)21-12-6-3-7-13-21/h2-17,27-28H,18H2,1H3. The molecule has 4 aromatic rings. The summed E-state index contributed by atoms with van der Waals surface area (Å²) < 4.78 is 11.2. The van der Waals surface area contributed by atoms with Crippen LogP contribution in [0.1, 0.15) is 39.8 Å². The van der Waals surface area contributed by atoms with Crippen molar-refractivity contribution in [2.75, 3.05) is 11.7 Å². The van der Waals surface area contributed by atoms with Gasteiger partial charge in [0.05, 0.1) is 12.0 Å². The molecule has 2 heterocycles. The molecule has 0 N–H and O–H groups in total. The Bertz CT molecular complexity index is 1290. The van der Waals surface area contributed by atoms with Crippen molar-refractivity contribution in [3.8, 4) is 11.5 Å². The largest absolute Gasteiger partial charge is 0.454 e. The van der Waals surface area contributed by atoms with Crippen LogP contribution in [-0.2, 0) is 4.79 Å². The fraction of sp³-hybridized carbons (Fsp3) is 0.138. The Kier molecular flexibility index (Phi) is 4.65. The van der Waals surface area contributed by atoms with Crippen molar-refractivity contribution in [3.63, 3.8) is 0 Å². The maximum Gasteiger partial charge on any atom is 0.239 e. The SMILES string of the molecule is Cc1cc2c(cc1C1C(=O)N(C(c3ccccc3)c3ccccc3)c3ccccc31)OCO2. The van der Waals surface area contributed by atoms with Gasteiger partial charge in [0.1, 0.15) is 0 Å². The maximum atomic E-state index is 14.3. The second kappa shape index (κ2) is 7.82. The van der Waals surface area contributed by atoms with Gasteiger partial charge in [-0.25, -0.2) is 0 Å². The number of hydrogen-bond donors (Lipinski definition) is 0. The van der Waals surface area contributed by atoms with Gasteiger partial charge in [-0.2, -0.15) is 0 Å². The van der Waals surface area contributed by atoms with E-state index < -0.39 is 5.92 Å². The molecule has 162 valence electrons. The van der Waals surface area contributed by atoms with E-state index in [1.165, 1.54) is 0 Å². The molecule has 33 heavy (non-hydrogen) atoms. The predicted octanol–water partition coefficient (Wildman–Crippen LogP) is 5.99. The van der Waals surface area contributed by atoms with E-state index >= 15 is 0 Å². The third-order valence-electron chi connectivity index (χ3n) is 6.55. The third kappa shape index (κ3) is 3.18. The highest BCUT2D eigenvalue weighted by molar-refractivity contribution is 6.08. The van der Waals surface area contributed by atoms with Gasteiger partial charge in [-0.05, 0) is 52.9 Å². The van der Waals surface area contributed by atoms with Gasteiger partial charge in [0, 0.05) is 5.69 Å². The molecular formula is C29H23NO3. The molecule has 6 rings (SSSR count). The summed E-state index contributed by atoms with van der Waals surface area (Å²) >= 11 is 0. The molecule has 0 saturated heterocycles. The van der Waals surface area contributed by atoms with Crippen molar-refractivity contribution in [3.05, 3.63) is 125 Å². The summed E-state index contributed by atoms with van der Waals surface area (Å²) in [6.07, 6.45) is 0. The number of para-hydroxylation sites is 1. The van der Waals surface area contributed by atoms with Crippen LogP contribution in [0, 0.1) is 6.92 Å². The van der Waals surface area contributed by atoms with Gasteiger partial charge in [0.15, 0.2) is 11.5 Å². The molecule has 4 nitrogen and oxygen atoms in total. The molecule has 4 aromatic carbocycles. The zero-order chi connectivity index (χ0) is 22.4. The first-order valence-corrected chi connectivity index (χ1v) is 11.1. The maximum absolute atomic E-state index is 14.3. The second-order valence-corrected chi connectivity index (χ2v) is 8.49. The van der Waals surface area contributed by atoms with Gasteiger partial charge in [0.2, 0.25) is 12.7 Å². The Labute approximate surface area is 193 Å². The van der Waals surface area contributed by atoms with Crippen LogP contribution >= 0.6 is 0 Å². The summed E-state index contributed by atoms with van der Waals surface area (Å²) in [7, 11) is 0. The summed E-state index contributed by atoms with van der Waals surface area (Å²) in [6.45, 7) is 2.24. The van der Waals surface area contributed by atoms with Crippen LogP contribution < -0.4 is 14.4 Å². The molecular weight excluding hydrogens is 410 g/mol. The van der Waals surface area contributed by atoms with E-state index in [4.69, 9.17) is 9.47 Å². The summed E-state index contributed by atoms with van der Waals surface area (Å²) in [4.78, 5) is 16.2. The highest BCUT2D eigenvalue weighted by atomic mass is 16.7. The number of fused-ring (bicyclic) bond motifs is 2. The number of aryl methyl sites for hydroxylation is 1. The second-order valence-electron chi connectivity index (χ2n) is 8.49. The lowest BCUT2D eigenvalue weighted by Gasteiger charge is -2.30. The average Bonchev–Trinajstić information content (AvgIpc) is 3.42. The minimum absolute atomic E-state index is 0.0656. The van der Waals surface area contributed by atoms with Gasteiger partial charge < -0.3 is 9.47 Å². The highest BCUT2D eigenvalue weighted by Gasteiger charge is 2.43. The van der Waals surface area contributed by atoms with E-state index in [0.717, 1.165) is 39.3 Å². The minimum atomic E-state index is -0.398. The number of anilines is 1. The van der Waals surface area contributed by atoms with Crippen LogP contribution in [0.15, 0.2) is 97.1 Å². The van der Waals surface area contributed by atoms with Crippen LogP contribution in [0.4, 0.5) is 5.69 Å². The Balaban J connectivity index is 1.53. The molecule has 1 unspecified atom stereocenters. The number of hydrogen-bond acceptors (Lipinski definition) is 3. The van der Waals surface area contributed by atoms with Crippen molar-refractivity contribution < 1.29 is 14.3 Å². The summed E-state index contributed by atoms with van der Waals surface area (Å²) in [6, 6.07) is 32.3. The van der Waals surface area contributed by atoms with Crippen LogP contribution in [0.25, 0.3) is 0 Å². The van der Waals surface area contributed by atoms with E-state index in [1.54, 1.807) is 0 Å². The normalized spacial score (nSPS) is 16.4. The van der Waals surface area contributed by atoms with Gasteiger partial charge >= 0.3 is 0 Å². The molecule has 0 saturated carbocycles. The fourth-order valence-corrected chi connectivity index (χ4v) is 5.04. The topological polar surface area (TPSA) is 38.8 Å². The molecule has 4 heteroatoms. The number of carbonyl (C=O) groups excluding carboxylic acids is 1. The molecule has 2 aliphatic heterocycles. The molecule has 1 amide bonds. The first-order valence-electron chi connectivity index (χ1n) is 11.1. The van der Waals surface area contributed by atoms with E-state index in [-0.39, 0.29) is 18.7 Å². The highest BCUT2D eigenvalue weighted by Crippen LogP contribution is 2.49. The Morgan fingerprint density at radius 1 is 0.758 bits per heavy atom. The van der Waals surface area contributed by atoms with Gasteiger partial charge in [-0.1, -0.05) is 78.9 Å². The first kappa shape index (κ1) is 19.6. The van der Waals surface area contributed by atoms with Gasteiger partial charge in [-0.3, -0.25) is 9.69 Å². The van der Waals surface area contributed by atoms with E-state index in [9.17, 15) is 4.79 Å². The molecule has 0 spiro atoms. The summed E-state index contributed by atoms with van der Waals surface area (Å²) in [5.74, 6) is 1.10. The Morgan fingerprint density at radius 2 is 1.33 bits per heavy atom. The molecule has 0 aromatic heterocycles. The summed E-state index contributed by atoms with van der Waals surface area (Å²) in [5, 5.41) is 0. The first-order chi connectivity index (χ1) is 16.2. The van der Waals surface area contributed by atoms with Crippen LogP contribution in [0.5, 0.6) is 11.5 Å². The van der Waals surface area contributed by atoms with Gasteiger partial charge in [0.25, 0.3) is 0 Å². The Hall–Kier alpha value is -4.05. The number of nitrogens with zero attached hydrogens (tertiary/aromatic N) is 1. The van der Waals surface area contributed by atoms with Crippen molar-refractivity contribution in [1.82, 2.24) is 0 Å². The molecule has 0 bridgehead atoms. The number of benzene rings is 4. The lowest BCUT2D eigenvalue weighted by molar-refractivity contribution is -0.118. The monoisotopic (exact) mass is 433 g/mol. The number of amides is 1. The van der Waals surface area contributed by atoms with Crippen molar-refractivity contribution in [1.29, 1.82) is 0 Å². The minimum Gasteiger partial charge on any atom is -0.454 e. The zero-order valence-electron chi connectivity index (χ0n) is 18.3. The fourth-order valence-electron chi connectivity index (χ4n) is 5.04.